The molecule has 0 unspecified atom stereocenters. The second kappa shape index (κ2) is 9.24. The van der Waals surface area contributed by atoms with Gasteiger partial charge in [-0.3, -0.25) is 4.40 Å². The number of hydrogen-bond acceptors (Lipinski definition) is 9. The molecule has 204 valence electrons. The zero-order chi connectivity index (χ0) is 27.5. The zero-order valence-corrected chi connectivity index (χ0v) is 23.1. The van der Waals surface area contributed by atoms with E-state index in [0.29, 0.717) is 41.3 Å². The zero-order valence-electron chi connectivity index (χ0n) is 21.5. The van der Waals surface area contributed by atoms with Gasteiger partial charge in [-0.2, -0.15) is 0 Å². The Hall–Kier alpha value is -3.62. The van der Waals surface area contributed by atoms with Gasteiger partial charge in [0.05, 0.1) is 16.6 Å². The van der Waals surface area contributed by atoms with Crippen molar-refractivity contribution in [3.8, 4) is 0 Å². The van der Waals surface area contributed by atoms with E-state index in [-0.39, 0.29) is 34.2 Å². The average molecular weight is 570 g/mol. The van der Waals surface area contributed by atoms with Crippen molar-refractivity contribution in [2.75, 3.05) is 0 Å². The SMILES string of the molecule is Cc1ccc(S(=O)(=O)n2ccc3c2ncc2nnc([C@H]4C[C@@H](NS(=O)(=O)Cc5cc(C)on5)C[C@H]4C)n23)cc1. The summed E-state index contributed by atoms with van der Waals surface area (Å²) in [4.78, 5) is 4.56. The third kappa shape index (κ3) is 4.61. The van der Waals surface area contributed by atoms with E-state index in [2.05, 4.69) is 25.1 Å². The number of nitrogens with one attached hydrogen (secondary N) is 1. The van der Waals surface area contributed by atoms with Gasteiger partial charge in [-0.05, 0) is 50.8 Å². The van der Waals surface area contributed by atoms with Gasteiger partial charge in [-0.1, -0.05) is 29.8 Å². The van der Waals surface area contributed by atoms with Crippen LogP contribution in [0.3, 0.4) is 0 Å². The normalized spacial score (nSPS) is 20.3. The number of benzene rings is 1. The van der Waals surface area contributed by atoms with Crippen LogP contribution in [0, 0.1) is 19.8 Å². The summed E-state index contributed by atoms with van der Waals surface area (Å²) in [6.07, 6.45) is 4.12. The lowest BCUT2D eigenvalue weighted by Crippen LogP contribution is -2.34. The van der Waals surface area contributed by atoms with Crippen molar-refractivity contribution < 1.29 is 21.4 Å². The van der Waals surface area contributed by atoms with Crippen LogP contribution in [0.25, 0.3) is 16.8 Å². The first kappa shape index (κ1) is 25.6. The van der Waals surface area contributed by atoms with Crippen molar-refractivity contribution in [1.82, 2.24) is 33.4 Å². The Labute approximate surface area is 225 Å². The molecule has 4 heterocycles. The molecule has 5 aromatic rings. The van der Waals surface area contributed by atoms with Gasteiger partial charge in [-0.25, -0.2) is 30.5 Å². The predicted octanol–water partition coefficient (Wildman–Crippen LogP) is 2.92. The lowest BCUT2D eigenvalue weighted by molar-refractivity contribution is 0.392. The first-order valence-electron chi connectivity index (χ1n) is 12.5. The van der Waals surface area contributed by atoms with Crippen LogP contribution in [-0.4, -0.2) is 51.6 Å². The van der Waals surface area contributed by atoms with Crippen LogP contribution < -0.4 is 4.72 Å². The highest BCUT2D eigenvalue weighted by Gasteiger charge is 2.37. The minimum atomic E-state index is -3.88. The summed E-state index contributed by atoms with van der Waals surface area (Å²) in [5.74, 6) is 0.924. The summed E-state index contributed by atoms with van der Waals surface area (Å²) in [6.45, 7) is 5.65. The number of fused-ring (bicyclic) bond motifs is 3. The first-order chi connectivity index (χ1) is 18.5. The van der Waals surface area contributed by atoms with E-state index in [1.807, 2.05) is 18.2 Å². The third-order valence-electron chi connectivity index (χ3n) is 7.21. The Balaban J connectivity index is 1.31. The Kier molecular flexibility index (Phi) is 6.08. The van der Waals surface area contributed by atoms with Gasteiger partial charge >= 0.3 is 0 Å². The lowest BCUT2D eigenvalue weighted by atomic mass is 9.97. The number of hydrogen-bond donors (Lipinski definition) is 1. The Morgan fingerprint density at radius 3 is 2.54 bits per heavy atom. The van der Waals surface area contributed by atoms with Crippen molar-refractivity contribution in [2.45, 2.75) is 56.2 Å². The summed E-state index contributed by atoms with van der Waals surface area (Å²) >= 11 is 0. The Morgan fingerprint density at radius 1 is 1.05 bits per heavy atom. The van der Waals surface area contributed by atoms with Crippen molar-refractivity contribution in [3.63, 3.8) is 0 Å². The first-order valence-corrected chi connectivity index (χ1v) is 15.6. The van der Waals surface area contributed by atoms with Gasteiger partial charge in [0.2, 0.25) is 10.0 Å². The molecule has 0 bridgehead atoms. The van der Waals surface area contributed by atoms with E-state index in [1.165, 1.54) is 12.4 Å². The molecule has 4 aromatic heterocycles. The highest BCUT2D eigenvalue weighted by Crippen LogP contribution is 2.40. The van der Waals surface area contributed by atoms with E-state index in [1.54, 1.807) is 43.3 Å². The molecule has 0 saturated heterocycles. The topological polar surface area (TPSA) is 154 Å². The number of aromatic nitrogens is 6. The summed E-state index contributed by atoms with van der Waals surface area (Å²) < 4.78 is 63.2. The molecule has 1 saturated carbocycles. The molecule has 0 aliphatic heterocycles. The largest absolute Gasteiger partial charge is 0.361 e. The predicted molar refractivity (Wildman–Crippen MR) is 142 cm³/mol. The van der Waals surface area contributed by atoms with Gasteiger partial charge in [-0.15, -0.1) is 10.2 Å². The fraction of sp³-hybridized carbons (Fsp3) is 0.360. The fourth-order valence-electron chi connectivity index (χ4n) is 5.39. The molecule has 0 radical (unpaired) electrons. The smallest absolute Gasteiger partial charge is 0.269 e. The van der Waals surface area contributed by atoms with Crippen LogP contribution in [-0.2, 0) is 25.8 Å². The second-order valence-electron chi connectivity index (χ2n) is 10.2. The van der Waals surface area contributed by atoms with E-state index in [0.717, 1.165) is 9.54 Å². The number of nitrogens with zero attached hydrogens (tertiary/aromatic N) is 6. The van der Waals surface area contributed by atoms with Crippen LogP contribution in [0.4, 0.5) is 0 Å². The standard InChI is InChI=1S/C25H27N7O5S2/c1-15-4-6-20(7-5-15)39(35,36)31-9-8-22-25(31)26-13-23-27-28-24(32(22)23)21-12-18(10-16(21)2)30-38(33,34)14-19-11-17(3)37-29-19/h4-9,11,13,16,18,21,30H,10,12,14H2,1-3H3/t16-,18+,21+/m1/s1. The maximum absolute atomic E-state index is 13.4. The van der Waals surface area contributed by atoms with Gasteiger partial charge in [0.15, 0.2) is 11.3 Å². The maximum Gasteiger partial charge on any atom is 0.269 e. The molecule has 0 spiro atoms. The summed E-state index contributed by atoms with van der Waals surface area (Å²) in [6, 6.07) is 9.65. The number of sulfonamides is 1. The van der Waals surface area contributed by atoms with Gasteiger partial charge < -0.3 is 4.52 Å². The summed E-state index contributed by atoms with van der Waals surface area (Å²) in [5, 5.41) is 12.5. The van der Waals surface area contributed by atoms with Gasteiger partial charge in [0.25, 0.3) is 10.0 Å². The highest BCUT2D eigenvalue weighted by atomic mass is 32.2. The molecule has 0 amide bonds. The van der Waals surface area contributed by atoms with Crippen LogP contribution in [0.1, 0.15) is 48.5 Å². The molecular weight excluding hydrogens is 542 g/mol. The van der Waals surface area contributed by atoms with Gasteiger partial charge in [0.1, 0.15) is 23.0 Å². The molecule has 1 fully saturated rings. The van der Waals surface area contributed by atoms with E-state index in [4.69, 9.17) is 4.52 Å². The number of rotatable bonds is 7. The van der Waals surface area contributed by atoms with Crippen molar-refractivity contribution >= 4 is 36.9 Å². The van der Waals surface area contributed by atoms with E-state index in [9.17, 15) is 16.8 Å². The average Bonchev–Trinajstić information content (AvgIpc) is 3.64. The number of aryl methyl sites for hydroxylation is 2. The Morgan fingerprint density at radius 2 is 1.82 bits per heavy atom. The molecule has 3 atom stereocenters. The van der Waals surface area contributed by atoms with E-state index < -0.39 is 20.0 Å². The minimum Gasteiger partial charge on any atom is -0.361 e. The lowest BCUT2D eigenvalue weighted by Gasteiger charge is -2.14. The summed E-state index contributed by atoms with van der Waals surface area (Å²) in [7, 11) is -7.51. The molecule has 1 aliphatic carbocycles. The molecule has 1 aliphatic rings. The monoisotopic (exact) mass is 569 g/mol. The van der Waals surface area contributed by atoms with Crippen molar-refractivity contribution in [3.05, 3.63) is 71.6 Å². The molecular formula is C25H27N7O5S2. The second-order valence-corrected chi connectivity index (χ2v) is 13.8. The highest BCUT2D eigenvalue weighted by molar-refractivity contribution is 7.90. The molecule has 1 aromatic carbocycles. The summed E-state index contributed by atoms with van der Waals surface area (Å²) in [5.41, 5.74) is 2.61. The van der Waals surface area contributed by atoms with Gasteiger partial charge in [0, 0.05) is 24.2 Å². The maximum atomic E-state index is 13.4. The van der Waals surface area contributed by atoms with Crippen LogP contribution in [0.5, 0.6) is 0 Å². The van der Waals surface area contributed by atoms with Crippen LogP contribution in [0.2, 0.25) is 0 Å². The molecule has 1 N–H and O–H groups in total. The van der Waals surface area contributed by atoms with Crippen molar-refractivity contribution in [2.24, 2.45) is 5.92 Å². The minimum absolute atomic E-state index is 0.0981. The molecule has 6 rings (SSSR count). The Bertz CT molecular complexity index is 1910. The quantitative estimate of drug-likeness (QED) is 0.311. The molecule has 14 heteroatoms. The van der Waals surface area contributed by atoms with Crippen molar-refractivity contribution in [1.29, 1.82) is 0 Å². The fourth-order valence-corrected chi connectivity index (χ4v) is 8.00. The van der Waals surface area contributed by atoms with Crippen LogP contribution in [0.15, 0.2) is 58.2 Å². The van der Waals surface area contributed by atoms with Crippen LogP contribution >= 0.6 is 0 Å². The molecule has 39 heavy (non-hydrogen) atoms. The molecule has 12 nitrogen and oxygen atoms in total. The third-order valence-corrected chi connectivity index (χ3v) is 10.3. The van der Waals surface area contributed by atoms with E-state index >= 15 is 0 Å².